The predicted octanol–water partition coefficient (Wildman–Crippen LogP) is 6.26. The molecule has 0 N–H and O–H groups in total. The normalized spacial score (nSPS) is 10.9. The molecule has 106 valence electrons. The van der Waals surface area contributed by atoms with Crippen molar-refractivity contribution in [2.75, 3.05) is 7.11 Å². The maximum atomic E-state index is 13.0. The Kier molecular flexibility index (Phi) is 4.74. The predicted molar refractivity (Wildman–Crippen MR) is 78.4 cm³/mol. The molecular weight excluding hydrogens is 329 g/mol. The van der Waals surface area contributed by atoms with Crippen molar-refractivity contribution in [2.45, 2.75) is 6.43 Å². The van der Waals surface area contributed by atoms with Gasteiger partial charge >= 0.3 is 0 Å². The Morgan fingerprint density at radius 2 is 1.65 bits per heavy atom. The third kappa shape index (κ3) is 2.71. The van der Waals surface area contributed by atoms with E-state index in [1.165, 1.54) is 19.2 Å². The van der Waals surface area contributed by atoms with E-state index >= 15 is 0 Å². The summed E-state index contributed by atoms with van der Waals surface area (Å²) in [5.41, 5.74) is 0.724. The molecule has 20 heavy (non-hydrogen) atoms. The van der Waals surface area contributed by atoms with E-state index in [9.17, 15) is 8.78 Å². The second-order valence-corrected chi connectivity index (χ2v) is 5.11. The van der Waals surface area contributed by atoms with Gasteiger partial charge in [0.25, 0.3) is 6.43 Å². The lowest BCUT2D eigenvalue weighted by Crippen LogP contribution is -1.96. The smallest absolute Gasteiger partial charge is 0.267 e. The Bertz CT molecular complexity index is 645. The Morgan fingerprint density at radius 1 is 0.950 bits per heavy atom. The number of ether oxygens (including phenoxy) is 1. The highest BCUT2D eigenvalue weighted by atomic mass is 35.5. The summed E-state index contributed by atoms with van der Waals surface area (Å²) in [6, 6.07) is 7.62. The number of halogens is 5. The lowest BCUT2D eigenvalue weighted by Gasteiger charge is -2.15. The van der Waals surface area contributed by atoms with Gasteiger partial charge in [-0.05, 0) is 12.1 Å². The van der Waals surface area contributed by atoms with Crippen molar-refractivity contribution in [3.05, 3.63) is 51.0 Å². The standard InChI is InChI=1S/C14H9Cl3F2O/c1-20-13-8(3-2-4-9(13)14(18)19)7-5-6-10(15)12(17)11(7)16/h2-6,14H,1H3. The fourth-order valence-electron chi connectivity index (χ4n) is 1.90. The topological polar surface area (TPSA) is 9.23 Å². The lowest BCUT2D eigenvalue weighted by atomic mass is 10.0. The van der Waals surface area contributed by atoms with Gasteiger partial charge in [-0.1, -0.05) is 53.0 Å². The average molecular weight is 338 g/mol. The van der Waals surface area contributed by atoms with E-state index < -0.39 is 6.43 Å². The van der Waals surface area contributed by atoms with Gasteiger partial charge in [0.15, 0.2) is 0 Å². The summed E-state index contributed by atoms with van der Waals surface area (Å²) in [6.45, 7) is 0. The van der Waals surface area contributed by atoms with Crippen LogP contribution in [0.25, 0.3) is 11.1 Å². The van der Waals surface area contributed by atoms with Gasteiger partial charge in [0.1, 0.15) is 5.75 Å². The van der Waals surface area contributed by atoms with Crippen LogP contribution in [0.4, 0.5) is 8.78 Å². The number of alkyl halides is 2. The molecule has 2 aromatic carbocycles. The molecular formula is C14H9Cl3F2O. The summed E-state index contributed by atoms with van der Waals surface area (Å²) in [5, 5.41) is 0.670. The SMILES string of the molecule is COc1c(-c2ccc(Cl)c(Cl)c2Cl)cccc1C(F)F. The highest BCUT2D eigenvalue weighted by Gasteiger charge is 2.20. The van der Waals surface area contributed by atoms with Crippen LogP contribution in [0.15, 0.2) is 30.3 Å². The van der Waals surface area contributed by atoms with Crippen LogP contribution < -0.4 is 4.74 Å². The molecule has 0 aromatic heterocycles. The monoisotopic (exact) mass is 336 g/mol. The molecule has 0 heterocycles. The first-order valence-electron chi connectivity index (χ1n) is 5.56. The van der Waals surface area contributed by atoms with Crippen molar-refractivity contribution in [3.63, 3.8) is 0 Å². The summed E-state index contributed by atoms with van der Waals surface area (Å²) in [5.74, 6) is 0.0720. The zero-order valence-corrected chi connectivity index (χ0v) is 12.5. The summed E-state index contributed by atoms with van der Waals surface area (Å²) in [7, 11) is 1.33. The molecule has 0 radical (unpaired) electrons. The highest BCUT2D eigenvalue weighted by molar-refractivity contribution is 6.49. The molecule has 2 rings (SSSR count). The van der Waals surface area contributed by atoms with Crippen molar-refractivity contribution in [2.24, 2.45) is 0 Å². The molecule has 0 unspecified atom stereocenters. The minimum absolute atomic E-state index is 0.0720. The fourth-order valence-corrected chi connectivity index (χ4v) is 2.54. The first-order chi connectivity index (χ1) is 9.47. The zero-order chi connectivity index (χ0) is 14.9. The Morgan fingerprint density at radius 3 is 2.25 bits per heavy atom. The summed E-state index contributed by atoms with van der Waals surface area (Å²) in [4.78, 5) is 0. The first-order valence-corrected chi connectivity index (χ1v) is 6.69. The summed E-state index contributed by atoms with van der Waals surface area (Å²) < 4.78 is 31.1. The molecule has 0 amide bonds. The Balaban J connectivity index is 2.70. The molecule has 0 fully saturated rings. The maximum Gasteiger partial charge on any atom is 0.267 e. The van der Waals surface area contributed by atoms with Crippen LogP contribution in [-0.4, -0.2) is 7.11 Å². The molecule has 0 saturated heterocycles. The van der Waals surface area contributed by atoms with Crippen molar-refractivity contribution < 1.29 is 13.5 Å². The summed E-state index contributed by atoms with van der Waals surface area (Å²) >= 11 is 18.0. The zero-order valence-electron chi connectivity index (χ0n) is 10.3. The molecule has 0 saturated carbocycles. The first kappa shape index (κ1) is 15.4. The van der Waals surface area contributed by atoms with E-state index in [0.29, 0.717) is 16.1 Å². The van der Waals surface area contributed by atoms with Gasteiger partial charge in [0, 0.05) is 11.1 Å². The maximum absolute atomic E-state index is 13.0. The molecule has 6 heteroatoms. The van der Waals surface area contributed by atoms with Crippen LogP contribution in [0.1, 0.15) is 12.0 Å². The van der Waals surface area contributed by atoms with Crippen LogP contribution in [0.2, 0.25) is 15.1 Å². The van der Waals surface area contributed by atoms with Crippen LogP contribution in [0, 0.1) is 0 Å². The molecule has 0 atom stereocenters. The second kappa shape index (κ2) is 6.17. The van der Waals surface area contributed by atoms with E-state index in [4.69, 9.17) is 39.5 Å². The summed E-state index contributed by atoms with van der Waals surface area (Å²) in [6.07, 6.45) is -2.65. The van der Waals surface area contributed by atoms with Crippen LogP contribution >= 0.6 is 34.8 Å². The van der Waals surface area contributed by atoms with E-state index in [1.54, 1.807) is 18.2 Å². The van der Waals surface area contributed by atoms with Gasteiger partial charge in [0.05, 0.1) is 27.7 Å². The highest BCUT2D eigenvalue weighted by Crippen LogP contribution is 2.43. The van der Waals surface area contributed by atoms with Crippen LogP contribution in [-0.2, 0) is 0 Å². The van der Waals surface area contributed by atoms with Crippen molar-refractivity contribution >= 4 is 34.8 Å². The van der Waals surface area contributed by atoms with Gasteiger partial charge in [-0.15, -0.1) is 0 Å². The third-order valence-electron chi connectivity index (χ3n) is 2.81. The third-order valence-corrected chi connectivity index (χ3v) is 4.10. The van der Waals surface area contributed by atoms with Crippen LogP contribution in [0.3, 0.4) is 0 Å². The van der Waals surface area contributed by atoms with E-state index in [2.05, 4.69) is 0 Å². The Hall–Kier alpha value is -1.03. The van der Waals surface area contributed by atoms with E-state index in [1.807, 2.05) is 0 Å². The average Bonchev–Trinajstić information content (AvgIpc) is 2.44. The molecule has 0 aliphatic rings. The van der Waals surface area contributed by atoms with Gasteiger partial charge in [0.2, 0.25) is 0 Å². The molecule has 2 aromatic rings. The number of benzene rings is 2. The van der Waals surface area contributed by atoms with Gasteiger partial charge in [-0.2, -0.15) is 0 Å². The fraction of sp³-hybridized carbons (Fsp3) is 0.143. The van der Waals surface area contributed by atoms with Crippen LogP contribution in [0.5, 0.6) is 5.75 Å². The van der Waals surface area contributed by atoms with Gasteiger partial charge < -0.3 is 4.74 Å². The minimum atomic E-state index is -2.65. The molecule has 0 aliphatic heterocycles. The van der Waals surface area contributed by atoms with Crippen molar-refractivity contribution in [1.29, 1.82) is 0 Å². The quantitative estimate of drug-likeness (QED) is 0.601. The van der Waals surface area contributed by atoms with E-state index in [-0.39, 0.29) is 21.4 Å². The second-order valence-electron chi connectivity index (χ2n) is 3.95. The van der Waals surface area contributed by atoms with E-state index in [0.717, 1.165) is 0 Å². The van der Waals surface area contributed by atoms with Gasteiger partial charge in [-0.3, -0.25) is 0 Å². The lowest BCUT2D eigenvalue weighted by molar-refractivity contribution is 0.147. The molecule has 0 bridgehead atoms. The number of methoxy groups -OCH3 is 1. The molecule has 1 nitrogen and oxygen atoms in total. The van der Waals surface area contributed by atoms with Crippen molar-refractivity contribution in [1.82, 2.24) is 0 Å². The Labute approximate surface area is 130 Å². The number of rotatable bonds is 3. The minimum Gasteiger partial charge on any atom is -0.496 e. The molecule has 0 spiro atoms. The largest absolute Gasteiger partial charge is 0.496 e. The molecule has 0 aliphatic carbocycles. The van der Waals surface area contributed by atoms with Gasteiger partial charge in [-0.25, -0.2) is 8.78 Å². The number of para-hydroxylation sites is 1. The van der Waals surface area contributed by atoms with Crippen molar-refractivity contribution in [3.8, 4) is 16.9 Å². The number of hydrogen-bond donors (Lipinski definition) is 0. The number of hydrogen-bond acceptors (Lipinski definition) is 1.